The van der Waals surface area contributed by atoms with Crippen molar-refractivity contribution in [2.24, 2.45) is 0 Å². The lowest BCUT2D eigenvalue weighted by molar-refractivity contribution is 0.102. The molecule has 0 aliphatic heterocycles. The van der Waals surface area contributed by atoms with Crippen molar-refractivity contribution < 1.29 is 9.53 Å². The van der Waals surface area contributed by atoms with Crippen LogP contribution in [0.25, 0.3) is 10.9 Å². The summed E-state index contributed by atoms with van der Waals surface area (Å²) in [5, 5.41) is 1.17. The molecule has 0 spiro atoms. The zero-order valence-electron chi connectivity index (χ0n) is 18.4. The van der Waals surface area contributed by atoms with Crippen molar-refractivity contribution >= 4 is 28.4 Å². The number of aryl methyl sites for hydroxylation is 1. The number of ether oxygens (including phenoxy) is 1. The molecule has 2 heterocycles. The van der Waals surface area contributed by atoms with Gasteiger partial charge >= 0.3 is 0 Å². The van der Waals surface area contributed by atoms with Crippen LogP contribution in [-0.2, 0) is 4.74 Å². The van der Waals surface area contributed by atoms with Crippen molar-refractivity contribution in [3.05, 3.63) is 57.6 Å². The summed E-state index contributed by atoms with van der Waals surface area (Å²) in [6, 6.07) is 9.37. The lowest BCUT2D eigenvalue weighted by Crippen LogP contribution is -2.25. The Kier molecular flexibility index (Phi) is 6.83. The first-order valence-electron chi connectivity index (χ1n) is 10.1. The highest BCUT2D eigenvalue weighted by Crippen LogP contribution is 2.25. The van der Waals surface area contributed by atoms with E-state index in [0.717, 1.165) is 11.4 Å². The molecule has 0 unspecified atom stereocenters. The van der Waals surface area contributed by atoms with Crippen molar-refractivity contribution in [3.8, 4) is 0 Å². The first kappa shape index (κ1) is 22.3. The van der Waals surface area contributed by atoms with Gasteiger partial charge in [0.1, 0.15) is 0 Å². The van der Waals surface area contributed by atoms with Gasteiger partial charge < -0.3 is 9.30 Å². The number of aromatic nitrogens is 3. The van der Waals surface area contributed by atoms with E-state index in [2.05, 4.69) is 16.5 Å². The second-order valence-corrected chi connectivity index (χ2v) is 8.79. The minimum absolute atomic E-state index is 0.0293. The molecule has 7 heteroatoms. The van der Waals surface area contributed by atoms with Gasteiger partial charge in [0, 0.05) is 30.1 Å². The highest BCUT2D eigenvalue weighted by Gasteiger charge is 2.20. The van der Waals surface area contributed by atoms with E-state index < -0.39 is 0 Å². The number of fused-ring (bicyclic) bond motifs is 1. The Labute approximate surface area is 181 Å². The zero-order valence-corrected chi connectivity index (χ0v) is 19.2. The first-order chi connectivity index (χ1) is 14.3. The van der Waals surface area contributed by atoms with Gasteiger partial charge in [-0.2, -0.15) is 0 Å². The van der Waals surface area contributed by atoms with E-state index in [4.69, 9.17) is 4.74 Å². The van der Waals surface area contributed by atoms with Gasteiger partial charge in [0.15, 0.2) is 10.9 Å². The molecule has 0 aliphatic carbocycles. The Morgan fingerprint density at radius 3 is 2.53 bits per heavy atom. The Hall–Kier alpha value is -2.38. The van der Waals surface area contributed by atoms with Gasteiger partial charge in [0.2, 0.25) is 0 Å². The highest BCUT2D eigenvalue weighted by atomic mass is 32.2. The van der Waals surface area contributed by atoms with Crippen molar-refractivity contribution in [1.82, 2.24) is 14.1 Å². The van der Waals surface area contributed by atoms with E-state index in [1.165, 1.54) is 11.8 Å². The van der Waals surface area contributed by atoms with Crippen LogP contribution in [0.4, 0.5) is 0 Å². The molecule has 1 atom stereocenters. The van der Waals surface area contributed by atoms with Crippen LogP contribution >= 0.6 is 11.8 Å². The quantitative estimate of drug-likeness (QED) is 0.299. The standard InChI is InChI=1S/C23H29N3O3S/c1-14(2)25-22(28)18-9-7-8-10-20(18)24-23(25)30-13-21(27)19-11-15(3)26(17(19)5)16(4)12-29-6/h7-11,14,16H,12-13H2,1-6H3/t16-/m0/s1. The van der Waals surface area contributed by atoms with Crippen LogP contribution in [0, 0.1) is 13.8 Å². The third-order valence-electron chi connectivity index (χ3n) is 5.26. The van der Waals surface area contributed by atoms with Crippen LogP contribution in [0.15, 0.2) is 40.3 Å². The molecule has 0 bridgehead atoms. The number of hydrogen-bond donors (Lipinski definition) is 0. The Morgan fingerprint density at radius 2 is 1.87 bits per heavy atom. The summed E-state index contributed by atoms with van der Waals surface area (Å²) in [4.78, 5) is 30.7. The van der Waals surface area contributed by atoms with Crippen LogP contribution in [0.5, 0.6) is 0 Å². The van der Waals surface area contributed by atoms with E-state index in [0.29, 0.717) is 28.2 Å². The maximum Gasteiger partial charge on any atom is 0.262 e. The number of hydrogen-bond acceptors (Lipinski definition) is 5. The van der Waals surface area contributed by atoms with Gasteiger partial charge in [-0.3, -0.25) is 14.2 Å². The summed E-state index contributed by atoms with van der Waals surface area (Å²) in [6.07, 6.45) is 0. The Balaban J connectivity index is 1.90. The summed E-state index contributed by atoms with van der Waals surface area (Å²) < 4.78 is 9.08. The third-order valence-corrected chi connectivity index (χ3v) is 6.21. The van der Waals surface area contributed by atoms with E-state index >= 15 is 0 Å². The van der Waals surface area contributed by atoms with Crippen LogP contribution in [0.3, 0.4) is 0 Å². The van der Waals surface area contributed by atoms with Crippen LogP contribution in [0.2, 0.25) is 0 Å². The number of carbonyl (C=O) groups is 1. The van der Waals surface area contributed by atoms with E-state index in [-0.39, 0.29) is 29.2 Å². The minimum atomic E-state index is -0.0721. The number of methoxy groups -OCH3 is 1. The molecule has 0 saturated heterocycles. The lowest BCUT2D eigenvalue weighted by atomic mass is 10.2. The average molecular weight is 428 g/mol. The van der Waals surface area contributed by atoms with Crippen LogP contribution < -0.4 is 5.56 Å². The number of nitrogens with zero attached hydrogens (tertiary/aromatic N) is 3. The fourth-order valence-electron chi connectivity index (χ4n) is 3.94. The molecule has 6 nitrogen and oxygen atoms in total. The van der Waals surface area contributed by atoms with Crippen molar-refractivity contribution in [2.75, 3.05) is 19.5 Å². The minimum Gasteiger partial charge on any atom is -0.383 e. The van der Waals surface area contributed by atoms with Gasteiger partial charge in [-0.05, 0) is 52.8 Å². The zero-order chi connectivity index (χ0) is 22.0. The molecular weight excluding hydrogens is 398 g/mol. The molecule has 0 N–H and O–H groups in total. The third kappa shape index (κ3) is 4.23. The number of para-hydroxylation sites is 1. The first-order valence-corrected chi connectivity index (χ1v) is 11.1. The molecular formula is C23H29N3O3S. The van der Waals surface area contributed by atoms with Crippen molar-refractivity contribution in [2.45, 2.75) is 51.9 Å². The van der Waals surface area contributed by atoms with Gasteiger partial charge in [0.25, 0.3) is 5.56 Å². The normalized spacial score (nSPS) is 12.6. The summed E-state index contributed by atoms with van der Waals surface area (Å²) >= 11 is 1.32. The summed E-state index contributed by atoms with van der Waals surface area (Å²) in [5.41, 5.74) is 3.27. The number of ketones is 1. The molecule has 160 valence electrons. The molecule has 3 aromatic rings. The van der Waals surface area contributed by atoms with Crippen LogP contribution in [0.1, 0.15) is 54.6 Å². The molecule has 0 fully saturated rings. The molecule has 0 saturated carbocycles. The molecule has 0 radical (unpaired) electrons. The van der Waals surface area contributed by atoms with Gasteiger partial charge in [-0.1, -0.05) is 23.9 Å². The maximum absolute atomic E-state index is 13.0. The Morgan fingerprint density at radius 1 is 1.17 bits per heavy atom. The van der Waals surface area contributed by atoms with Crippen LogP contribution in [-0.4, -0.2) is 39.4 Å². The van der Waals surface area contributed by atoms with Gasteiger partial charge in [-0.25, -0.2) is 4.98 Å². The van der Waals surface area contributed by atoms with E-state index in [9.17, 15) is 9.59 Å². The second-order valence-electron chi connectivity index (χ2n) is 7.85. The fraction of sp³-hybridized carbons (Fsp3) is 0.435. The molecule has 3 rings (SSSR count). The Bertz CT molecular complexity index is 1130. The number of carbonyl (C=O) groups excluding carboxylic acids is 1. The summed E-state index contributed by atoms with van der Waals surface area (Å²) in [7, 11) is 1.68. The average Bonchev–Trinajstić information content (AvgIpc) is 3.00. The lowest BCUT2D eigenvalue weighted by Gasteiger charge is -2.18. The monoisotopic (exact) mass is 427 g/mol. The molecule has 0 amide bonds. The molecule has 1 aromatic carbocycles. The topological polar surface area (TPSA) is 66.1 Å². The second kappa shape index (κ2) is 9.18. The maximum atomic E-state index is 13.0. The molecule has 2 aromatic heterocycles. The predicted octanol–water partition coefficient (Wildman–Crippen LogP) is 4.58. The van der Waals surface area contributed by atoms with Crippen molar-refractivity contribution in [1.29, 1.82) is 0 Å². The van der Waals surface area contributed by atoms with E-state index in [1.807, 2.05) is 52.0 Å². The summed E-state index contributed by atoms with van der Waals surface area (Å²) in [5.74, 6) is 0.252. The number of Topliss-reactive ketones (excluding diaryl/α,β-unsaturated/α-hetero) is 1. The number of rotatable bonds is 8. The SMILES string of the molecule is COC[C@H](C)n1c(C)cc(C(=O)CSc2nc3ccccc3c(=O)n2C(C)C)c1C. The van der Waals surface area contributed by atoms with E-state index in [1.54, 1.807) is 17.7 Å². The smallest absolute Gasteiger partial charge is 0.262 e. The number of benzene rings is 1. The molecule has 0 aliphatic rings. The van der Waals surface area contributed by atoms with Crippen molar-refractivity contribution in [3.63, 3.8) is 0 Å². The molecule has 30 heavy (non-hydrogen) atoms. The number of thioether (sulfide) groups is 1. The highest BCUT2D eigenvalue weighted by molar-refractivity contribution is 7.99. The largest absolute Gasteiger partial charge is 0.383 e. The van der Waals surface area contributed by atoms with Gasteiger partial charge in [-0.15, -0.1) is 0 Å². The van der Waals surface area contributed by atoms with Gasteiger partial charge in [0.05, 0.1) is 29.3 Å². The fourth-order valence-corrected chi connectivity index (χ4v) is 4.96. The predicted molar refractivity (Wildman–Crippen MR) is 122 cm³/mol. The summed E-state index contributed by atoms with van der Waals surface area (Å²) in [6.45, 7) is 10.5.